The van der Waals surface area contributed by atoms with Gasteiger partial charge in [0.1, 0.15) is 6.61 Å². The lowest BCUT2D eigenvalue weighted by Crippen LogP contribution is -2.30. The van der Waals surface area contributed by atoms with Crippen molar-refractivity contribution in [1.29, 1.82) is 0 Å². The average Bonchev–Trinajstić information content (AvgIpc) is 2.21. The van der Waals surface area contributed by atoms with Crippen molar-refractivity contribution >= 4 is 5.97 Å². The average molecular weight is 240 g/mol. The van der Waals surface area contributed by atoms with E-state index < -0.39 is 0 Å². The molecule has 1 N–H and O–H groups in total. The van der Waals surface area contributed by atoms with Gasteiger partial charge in [0.15, 0.2) is 0 Å². The van der Waals surface area contributed by atoms with Crippen LogP contribution in [0.4, 0.5) is 0 Å². The Morgan fingerprint density at radius 1 is 1.47 bits per heavy atom. The monoisotopic (exact) mass is 240 g/mol. The molecule has 3 nitrogen and oxygen atoms in total. The zero-order valence-electron chi connectivity index (χ0n) is 11.2. The summed E-state index contributed by atoms with van der Waals surface area (Å²) in [6.07, 6.45) is 3.20. The highest BCUT2D eigenvalue weighted by Crippen LogP contribution is 2.44. The quantitative estimate of drug-likeness (QED) is 0.607. The predicted octanol–water partition coefficient (Wildman–Crippen LogP) is 2.54. The van der Waals surface area contributed by atoms with Crippen LogP contribution in [0.25, 0.3) is 0 Å². The van der Waals surface area contributed by atoms with Crippen LogP contribution in [0.1, 0.15) is 40.0 Å². The third-order valence-electron chi connectivity index (χ3n) is 3.47. The molecule has 0 radical (unpaired) electrons. The first-order valence-electron chi connectivity index (χ1n) is 6.32. The van der Waals surface area contributed by atoms with Gasteiger partial charge in [0.25, 0.3) is 0 Å². The highest BCUT2D eigenvalue weighted by atomic mass is 16.5. The summed E-state index contributed by atoms with van der Waals surface area (Å²) in [5.74, 6) is 0.486. The molecule has 1 aliphatic carbocycles. The number of carbonyl (C=O) groups excluding carboxylic acids is 1. The van der Waals surface area contributed by atoms with Gasteiger partial charge in [-0.3, -0.25) is 0 Å². The number of hydrogen-bond acceptors (Lipinski definition) is 3. The Hall–Kier alpha value is -0.830. The zero-order chi connectivity index (χ0) is 13.1. The summed E-state index contributed by atoms with van der Waals surface area (Å²) < 4.78 is 4.92. The number of rotatable bonds is 4. The molecule has 2 atom stereocenters. The molecular formula is C14H24O3. The van der Waals surface area contributed by atoms with Crippen molar-refractivity contribution in [2.45, 2.75) is 40.0 Å². The molecule has 1 aliphatic rings. The Kier molecular flexibility index (Phi) is 4.75. The van der Waals surface area contributed by atoms with E-state index in [9.17, 15) is 4.79 Å². The molecule has 17 heavy (non-hydrogen) atoms. The van der Waals surface area contributed by atoms with Crippen molar-refractivity contribution in [3.63, 3.8) is 0 Å². The zero-order valence-corrected chi connectivity index (χ0v) is 11.2. The van der Waals surface area contributed by atoms with Gasteiger partial charge in [-0.05, 0) is 36.5 Å². The molecule has 3 heteroatoms. The molecule has 0 aliphatic heterocycles. The third kappa shape index (κ3) is 4.15. The van der Waals surface area contributed by atoms with Crippen LogP contribution >= 0.6 is 0 Å². The van der Waals surface area contributed by atoms with Crippen molar-refractivity contribution in [2.75, 3.05) is 13.2 Å². The largest absolute Gasteiger partial charge is 0.460 e. The van der Waals surface area contributed by atoms with Crippen molar-refractivity contribution in [3.8, 4) is 0 Å². The van der Waals surface area contributed by atoms with Gasteiger partial charge in [-0.2, -0.15) is 0 Å². The number of aliphatic hydroxyl groups is 1. The lowest BCUT2D eigenvalue weighted by molar-refractivity contribution is -0.140. The smallest absolute Gasteiger partial charge is 0.333 e. The minimum Gasteiger partial charge on any atom is -0.460 e. The van der Waals surface area contributed by atoms with Gasteiger partial charge < -0.3 is 9.84 Å². The summed E-state index contributed by atoms with van der Waals surface area (Å²) in [5, 5.41) is 8.63. The molecule has 98 valence electrons. The predicted molar refractivity (Wildman–Crippen MR) is 67.5 cm³/mol. The summed E-state index contributed by atoms with van der Waals surface area (Å²) in [5.41, 5.74) is 0.834. The molecule has 1 saturated carbocycles. The topological polar surface area (TPSA) is 46.5 Å². The second-order valence-corrected chi connectivity index (χ2v) is 6.00. The van der Waals surface area contributed by atoms with E-state index in [4.69, 9.17) is 9.84 Å². The number of carbonyl (C=O) groups is 1. The molecule has 2 unspecified atom stereocenters. The van der Waals surface area contributed by atoms with Gasteiger partial charge in [0, 0.05) is 5.57 Å². The van der Waals surface area contributed by atoms with Gasteiger partial charge in [0.2, 0.25) is 0 Å². The molecule has 1 rings (SSSR count). The molecule has 0 heterocycles. The lowest BCUT2D eigenvalue weighted by Gasteiger charge is -2.39. The first kappa shape index (κ1) is 14.2. The van der Waals surface area contributed by atoms with Crippen LogP contribution in [0.15, 0.2) is 12.2 Å². The Morgan fingerprint density at radius 2 is 2.12 bits per heavy atom. The van der Waals surface area contributed by atoms with Crippen molar-refractivity contribution in [3.05, 3.63) is 12.2 Å². The summed E-state index contributed by atoms with van der Waals surface area (Å²) in [6, 6.07) is 0. The lowest BCUT2D eigenvalue weighted by atomic mass is 9.66. The van der Waals surface area contributed by atoms with E-state index in [0.717, 1.165) is 12.8 Å². The van der Waals surface area contributed by atoms with E-state index in [2.05, 4.69) is 27.4 Å². The molecule has 0 saturated heterocycles. The van der Waals surface area contributed by atoms with Crippen LogP contribution in [-0.2, 0) is 9.53 Å². The van der Waals surface area contributed by atoms with Gasteiger partial charge in [-0.15, -0.1) is 0 Å². The van der Waals surface area contributed by atoms with Gasteiger partial charge in [-0.1, -0.05) is 27.4 Å². The van der Waals surface area contributed by atoms with Crippen LogP contribution in [0.3, 0.4) is 0 Å². The maximum atomic E-state index is 11.7. The fourth-order valence-electron chi connectivity index (χ4n) is 3.01. The molecular weight excluding hydrogens is 216 g/mol. The van der Waals surface area contributed by atoms with Crippen LogP contribution in [0.2, 0.25) is 0 Å². The second-order valence-electron chi connectivity index (χ2n) is 6.00. The number of esters is 1. The number of hydrogen-bond donors (Lipinski definition) is 1. The van der Waals surface area contributed by atoms with E-state index >= 15 is 0 Å². The summed E-state index contributed by atoms with van der Waals surface area (Å²) in [7, 11) is 0. The van der Waals surface area contributed by atoms with Crippen molar-refractivity contribution in [2.24, 2.45) is 17.3 Å². The van der Waals surface area contributed by atoms with Crippen LogP contribution in [0, 0.1) is 17.3 Å². The number of ether oxygens (including phenoxy) is 1. The summed E-state index contributed by atoms with van der Waals surface area (Å²) in [4.78, 5) is 11.7. The second kappa shape index (κ2) is 5.67. The van der Waals surface area contributed by atoms with Crippen molar-refractivity contribution in [1.82, 2.24) is 0 Å². The Bertz CT molecular complexity index is 294. The fraction of sp³-hybridized carbons (Fsp3) is 0.786. The van der Waals surface area contributed by atoms with E-state index in [1.165, 1.54) is 6.42 Å². The van der Waals surface area contributed by atoms with E-state index in [-0.39, 0.29) is 30.5 Å². The first-order valence-corrected chi connectivity index (χ1v) is 6.32. The molecule has 0 aromatic carbocycles. The van der Waals surface area contributed by atoms with Gasteiger partial charge in [0.05, 0.1) is 6.61 Å². The standard InChI is InChI=1S/C14H24O3/c1-10-7-12(9-14(3,4)8-10)11(2)13(16)17-6-5-15/h10,12,15H,2,5-9H2,1,3-4H3. The molecule has 0 bridgehead atoms. The molecule has 1 fully saturated rings. The molecule has 0 aromatic heterocycles. The van der Waals surface area contributed by atoms with E-state index in [1.54, 1.807) is 0 Å². The summed E-state index contributed by atoms with van der Waals surface area (Å²) in [6.45, 7) is 10.5. The minimum absolute atomic E-state index is 0.0590. The SMILES string of the molecule is C=C(C(=O)OCCO)C1CC(C)CC(C)(C)C1. The van der Waals surface area contributed by atoms with Crippen LogP contribution in [-0.4, -0.2) is 24.3 Å². The van der Waals surface area contributed by atoms with Crippen molar-refractivity contribution < 1.29 is 14.6 Å². The maximum absolute atomic E-state index is 11.7. The Morgan fingerprint density at radius 3 is 2.65 bits per heavy atom. The van der Waals surface area contributed by atoms with Gasteiger partial charge >= 0.3 is 5.97 Å². The molecule has 0 aromatic rings. The van der Waals surface area contributed by atoms with Crippen LogP contribution in [0.5, 0.6) is 0 Å². The first-order chi connectivity index (χ1) is 7.85. The molecule has 0 spiro atoms. The normalized spacial score (nSPS) is 27.5. The fourth-order valence-corrected chi connectivity index (χ4v) is 3.01. The third-order valence-corrected chi connectivity index (χ3v) is 3.47. The van der Waals surface area contributed by atoms with E-state index in [1.807, 2.05) is 0 Å². The summed E-state index contributed by atoms with van der Waals surface area (Å²) >= 11 is 0. The number of aliphatic hydroxyl groups excluding tert-OH is 1. The van der Waals surface area contributed by atoms with E-state index in [0.29, 0.717) is 11.5 Å². The minimum atomic E-state index is -0.353. The highest BCUT2D eigenvalue weighted by Gasteiger charge is 2.35. The maximum Gasteiger partial charge on any atom is 0.333 e. The molecule has 0 amide bonds. The van der Waals surface area contributed by atoms with Crippen LogP contribution < -0.4 is 0 Å². The van der Waals surface area contributed by atoms with Gasteiger partial charge in [-0.25, -0.2) is 4.79 Å². The Balaban J connectivity index is 2.59. The Labute approximate surface area is 104 Å². The highest BCUT2D eigenvalue weighted by molar-refractivity contribution is 5.88.